The second-order valence-electron chi connectivity index (χ2n) is 4.69. The van der Waals surface area contributed by atoms with Crippen LogP contribution in [-0.4, -0.2) is 34.8 Å². The van der Waals surface area contributed by atoms with Gasteiger partial charge in [-0.15, -0.1) is 0 Å². The van der Waals surface area contributed by atoms with Crippen molar-refractivity contribution in [1.29, 1.82) is 0 Å². The number of likely N-dealkylation sites (tertiary alicyclic amines) is 1. The van der Waals surface area contributed by atoms with Gasteiger partial charge >= 0.3 is 0 Å². The third kappa shape index (κ3) is 2.50. The predicted octanol–water partition coefficient (Wildman–Crippen LogP) is 1.12. The number of rotatable bonds is 2. The Hall–Kier alpha value is -1.03. The minimum Gasteiger partial charge on any atom is -0.382 e. The summed E-state index contributed by atoms with van der Waals surface area (Å²) in [6.07, 6.45) is 4.66. The van der Waals surface area contributed by atoms with Crippen LogP contribution in [0.1, 0.15) is 18.4 Å². The molecule has 1 atom stereocenters. The lowest BCUT2D eigenvalue weighted by molar-refractivity contribution is 0.191. The average Bonchev–Trinajstić information content (AvgIpc) is 2.45. The second kappa shape index (κ2) is 4.23. The Balaban J connectivity index is 1.96. The van der Waals surface area contributed by atoms with Gasteiger partial charge < -0.3 is 10.6 Å². The number of nitrogens with zero attached hydrogens (tertiary/aromatic N) is 3. The first-order valence-electron chi connectivity index (χ1n) is 5.63. The summed E-state index contributed by atoms with van der Waals surface area (Å²) in [7, 11) is 2.19. The van der Waals surface area contributed by atoms with Crippen molar-refractivity contribution < 1.29 is 0 Å². The molecule has 1 aliphatic heterocycles. The molecule has 0 radical (unpaired) electrons. The van der Waals surface area contributed by atoms with E-state index in [1.807, 2.05) is 17.8 Å². The number of nitrogens with two attached hydrogens (primary N) is 1. The molecule has 1 saturated heterocycles. The normalized spacial score (nSPS) is 23.2. The largest absolute Gasteiger partial charge is 0.382 e. The molecule has 0 spiro atoms. The van der Waals surface area contributed by atoms with Gasteiger partial charge in [0.15, 0.2) is 0 Å². The van der Waals surface area contributed by atoms with Crippen LogP contribution in [0.2, 0.25) is 0 Å². The van der Waals surface area contributed by atoms with Crippen molar-refractivity contribution in [3.8, 4) is 0 Å². The van der Waals surface area contributed by atoms with E-state index >= 15 is 0 Å². The van der Waals surface area contributed by atoms with Crippen LogP contribution < -0.4 is 5.73 Å². The topological polar surface area (TPSA) is 47.1 Å². The fraction of sp³-hybridized carbons (Fsp3) is 0.727. The van der Waals surface area contributed by atoms with E-state index in [2.05, 4.69) is 17.0 Å². The van der Waals surface area contributed by atoms with E-state index < -0.39 is 0 Å². The lowest BCUT2D eigenvalue weighted by Crippen LogP contribution is -2.34. The summed E-state index contributed by atoms with van der Waals surface area (Å²) in [6.45, 7) is 5.42. The highest BCUT2D eigenvalue weighted by molar-refractivity contribution is 5.35. The number of hydrogen-bond acceptors (Lipinski definition) is 3. The Morgan fingerprint density at radius 3 is 3.00 bits per heavy atom. The fourth-order valence-electron chi connectivity index (χ4n) is 2.32. The van der Waals surface area contributed by atoms with Gasteiger partial charge in [-0.3, -0.25) is 4.68 Å². The predicted molar refractivity (Wildman–Crippen MR) is 61.6 cm³/mol. The molecule has 84 valence electrons. The molecule has 2 N–H and O–H groups in total. The molecule has 1 unspecified atom stereocenters. The molecule has 4 heteroatoms. The number of piperidine rings is 1. The van der Waals surface area contributed by atoms with E-state index in [1.54, 1.807) is 0 Å². The lowest BCUT2D eigenvalue weighted by atomic mass is 9.99. The maximum Gasteiger partial charge on any atom is 0.148 e. The van der Waals surface area contributed by atoms with Crippen LogP contribution >= 0.6 is 0 Å². The zero-order valence-corrected chi connectivity index (χ0v) is 9.61. The first kappa shape index (κ1) is 10.5. The van der Waals surface area contributed by atoms with E-state index in [0.29, 0.717) is 5.82 Å². The molecule has 2 heterocycles. The van der Waals surface area contributed by atoms with E-state index in [-0.39, 0.29) is 0 Å². The summed E-state index contributed by atoms with van der Waals surface area (Å²) in [5.74, 6) is 1.39. The van der Waals surface area contributed by atoms with Gasteiger partial charge in [0.05, 0.1) is 0 Å². The molecule has 0 aromatic carbocycles. The van der Waals surface area contributed by atoms with E-state index in [4.69, 9.17) is 5.73 Å². The Bertz CT molecular complexity index is 312. The van der Waals surface area contributed by atoms with Gasteiger partial charge in [0.2, 0.25) is 0 Å². The molecular formula is C11H20N4. The van der Waals surface area contributed by atoms with E-state index in [0.717, 1.165) is 18.0 Å². The molecule has 0 bridgehead atoms. The van der Waals surface area contributed by atoms with Crippen molar-refractivity contribution in [3.63, 3.8) is 0 Å². The van der Waals surface area contributed by atoms with Gasteiger partial charge in [0.1, 0.15) is 5.82 Å². The van der Waals surface area contributed by atoms with Crippen molar-refractivity contribution >= 4 is 5.82 Å². The zero-order chi connectivity index (χ0) is 10.8. The highest BCUT2D eigenvalue weighted by Crippen LogP contribution is 2.17. The van der Waals surface area contributed by atoms with Crippen LogP contribution in [-0.2, 0) is 6.54 Å². The smallest absolute Gasteiger partial charge is 0.148 e. The van der Waals surface area contributed by atoms with Crippen LogP contribution in [0.25, 0.3) is 0 Å². The first-order chi connectivity index (χ1) is 7.15. The Kier molecular flexibility index (Phi) is 2.95. The second-order valence-corrected chi connectivity index (χ2v) is 4.69. The molecule has 1 aromatic heterocycles. The summed E-state index contributed by atoms with van der Waals surface area (Å²) >= 11 is 0. The van der Waals surface area contributed by atoms with Gasteiger partial charge in [-0.1, -0.05) is 0 Å². The Labute approximate surface area is 91.1 Å². The van der Waals surface area contributed by atoms with Crippen molar-refractivity contribution in [2.24, 2.45) is 5.92 Å². The summed E-state index contributed by atoms with van der Waals surface area (Å²) in [5, 5.41) is 4.31. The molecular weight excluding hydrogens is 188 g/mol. The highest BCUT2D eigenvalue weighted by Gasteiger charge is 2.18. The van der Waals surface area contributed by atoms with Crippen molar-refractivity contribution in [2.75, 3.05) is 25.9 Å². The van der Waals surface area contributed by atoms with Crippen LogP contribution in [0.4, 0.5) is 5.82 Å². The van der Waals surface area contributed by atoms with Crippen molar-refractivity contribution in [3.05, 3.63) is 11.8 Å². The highest BCUT2D eigenvalue weighted by atomic mass is 15.3. The molecule has 0 amide bonds. The van der Waals surface area contributed by atoms with Gasteiger partial charge in [0.25, 0.3) is 0 Å². The van der Waals surface area contributed by atoms with Crippen LogP contribution in [0, 0.1) is 12.8 Å². The number of aryl methyl sites for hydroxylation is 1. The van der Waals surface area contributed by atoms with Gasteiger partial charge in [0, 0.05) is 24.8 Å². The Morgan fingerprint density at radius 1 is 1.60 bits per heavy atom. The number of nitrogen functional groups attached to an aromatic ring is 1. The zero-order valence-electron chi connectivity index (χ0n) is 9.61. The molecule has 1 fully saturated rings. The molecule has 2 rings (SSSR count). The molecule has 15 heavy (non-hydrogen) atoms. The standard InChI is InChI=1S/C11H20N4/c1-9-6-15(13-11(9)12)8-10-4-3-5-14(2)7-10/h6,10H,3-5,7-8H2,1-2H3,(H2,12,13). The maximum absolute atomic E-state index is 5.73. The summed E-state index contributed by atoms with van der Waals surface area (Å²) in [4.78, 5) is 2.40. The van der Waals surface area contributed by atoms with Gasteiger partial charge in [-0.2, -0.15) is 5.10 Å². The third-order valence-electron chi connectivity index (χ3n) is 3.15. The lowest BCUT2D eigenvalue weighted by Gasteiger charge is -2.29. The quantitative estimate of drug-likeness (QED) is 0.792. The number of aromatic nitrogens is 2. The van der Waals surface area contributed by atoms with Gasteiger partial charge in [-0.25, -0.2) is 0 Å². The molecule has 0 saturated carbocycles. The van der Waals surface area contributed by atoms with Gasteiger partial charge in [-0.05, 0) is 39.3 Å². The Morgan fingerprint density at radius 2 is 2.40 bits per heavy atom. The maximum atomic E-state index is 5.73. The van der Waals surface area contributed by atoms with Crippen LogP contribution in [0.15, 0.2) is 6.20 Å². The fourth-order valence-corrected chi connectivity index (χ4v) is 2.32. The molecule has 1 aliphatic rings. The summed E-state index contributed by atoms with van der Waals surface area (Å²) in [6, 6.07) is 0. The van der Waals surface area contributed by atoms with Crippen LogP contribution in [0.3, 0.4) is 0 Å². The number of anilines is 1. The SMILES string of the molecule is Cc1cn(CC2CCCN(C)C2)nc1N. The van der Waals surface area contributed by atoms with E-state index in [9.17, 15) is 0 Å². The minimum atomic E-state index is 0.666. The minimum absolute atomic E-state index is 0.666. The molecule has 4 nitrogen and oxygen atoms in total. The summed E-state index contributed by atoms with van der Waals surface area (Å²) in [5.41, 5.74) is 6.81. The third-order valence-corrected chi connectivity index (χ3v) is 3.15. The van der Waals surface area contributed by atoms with Crippen molar-refractivity contribution in [2.45, 2.75) is 26.3 Å². The van der Waals surface area contributed by atoms with Crippen molar-refractivity contribution in [1.82, 2.24) is 14.7 Å². The monoisotopic (exact) mass is 208 g/mol. The van der Waals surface area contributed by atoms with Crippen LogP contribution in [0.5, 0.6) is 0 Å². The number of hydrogen-bond donors (Lipinski definition) is 1. The summed E-state index contributed by atoms with van der Waals surface area (Å²) < 4.78 is 1.99. The molecule has 0 aliphatic carbocycles. The van der Waals surface area contributed by atoms with E-state index in [1.165, 1.54) is 25.9 Å². The molecule has 1 aromatic rings. The first-order valence-corrected chi connectivity index (χ1v) is 5.63. The average molecular weight is 208 g/mol.